The summed E-state index contributed by atoms with van der Waals surface area (Å²) >= 11 is 1.22. The Morgan fingerprint density at radius 1 is 1.71 bits per heavy atom. The first-order valence-electron chi connectivity index (χ1n) is 5.61. The first kappa shape index (κ1) is 12.5. The number of hydrogen-bond acceptors (Lipinski definition) is 5. The van der Waals surface area contributed by atoms with Gasteiger partial charge in [0, 0.05) is 29.6 Å². The Hall–Kier alpha value is -0.980. The highest BCUT2D eigenvalue weighted by molar-refractivity contribution is 7.15. The molecule has 0 amide bonds. The van der Waals surface area contributed by atoms with Gasteiger partial charge in [-0.15, -0.1) is 0 Å². The number of ether oxygens (including phenoxy) is 1. The molecule has 1 aliphatic heterocycles. The molecule has 0 saturated carbocycles. The molecule has 1 saturated heterocycles. The van der Waals surface area contributed by atoms with Crippen LogP contribution in [0.4, 0.5) is 5.00 Å². The number of thiophene rings is 1. The first-order chi connectivity index (χ1) is 8.01. The highest BCUT2D eigenvalue weighted by Gasteiger charge is 2.36. The van der Waals surface area contributed by atoms with E-state index in [1.807, 2.05) is 0 Å². The van der Waals surface area contributed by atoms with Crippen molar-refractivity contribution in [3.63, 3.8) is 0 Å². The molecule has 1 aromatic rings. The summed E-state index contributed by atoms with van der Waals surface area (Å²) in [7, 11) is 0. The molecule has 2 rings (SSSR count). The number of hydrogen-bond donors (Lipinski definition) is 1. The summed E-state index contributed by atoms with van der Waals surface area (Å²) in [5, 5.41) is 14.2. The van der Waals surface area contributed by atoms with E-state index in [9.17, 15) is 10.1 Å². The third-order valence-electron chi connectivity index (χ3n) is 3.38. The van der Waals surface area contributed by atoms with Gasteiger partial charge in [-0.3, -0.25) is 10.1 Å². The fraction of sp³-hybridized carbons (Fsp3) is 0.636. The number of nitro groups is 1. The van der Waals surface area contributed by atoms with E-state index in [0.717, 1.165) is 17.9 Å². The Labute approximate surface area is 104 Å². The van der Waals surface area contributed by atoms with Gasteiger partial charge in [-0.2, -0.15) is 0 Å². The van der Waals surface area contributed by atoms with Crippen LogP contribution in [0.5, 0.6) is 0 Å². The molecule has 0 bridgehead atoms. The SMILES string of the molecule is CC1OCCC1(C)NCc1ccc([N+](=O)[O-])s1. The van der Waals surface area contributed by atoms with Crippen molar-refractivity contribution in [2.24, 2.45) is 0 Å². The molecule has 0 spiro atoms. The predicted molar refractivity (Wildman–Crippen MR) is 66.2 cm³/mol. The van der Waals surface area contributed by atoms with Crippen LogP contribution >= 0.6 is 11.3 Å². The van der Waals surface area contributed by atoms with Gasteiger partial charge in [0.1, 0.15) is 0 Å². The van der Waals surface area contributed by atoms with Crippen LogP contribution < -0.4 is 5.32 Å². The molecule has 1 fully saturated rings. The normalized spacial score (nSPS) is 28.5. The second-order valence-corrected chi connectivity index (χ2v) is 5.68. The van der Waals surface area contributed by atoms with Crippen LogP contribution in [0.2, 0.25) is 0 Å². The topological polar surface area (TPSA) is 64.4 Å². The zero-order chi connectivity index (χ0) is 12.5. The lowest BCUT2D eigenvalue weighted by atomic mass is 9.95. The van der Waals surface area contributed by atoms with Gasteiger partial charge in [0.05, 0.1) is 11.0 Å². The number of rotatable bonds is 4. The number of nitrogens with one attached hydrogen (secondary N) is 1. The fourth-order valence-electron chi connectivity index (χ4n) is 1.92. The van der Waals surface area contributed by atoms with Gasteiger partial charge in [0.15, 0.2) is 0 Å². The Morgan fingerprint density at radius 3 is 3.00 bits per heavy atom. The molecule has 6 heteroatoms. The first-order valence-corrected chi connectivity index (χ1v) is 6.43. The minimum atomic E-state index is -0.350. The zero-order valence-electron chi connectivity index (χ0n) is 9.93. The van der Waals surface area contributed by atoms with E-state index in [0.29, 0.717) is 6.54 Å². The highest BCUT2D eigenvalue weighted by atomic mass is 32.1. The fourth-order valence-corrected chi connectivity index (χ4v) is 2.68. The number of nitrogens with zero attached hydrogens (tertiary/aromatic N) is 1. The summed E-state index contributed by atoms with van der Waals surface area (Å²) in [6, 6.07) is 3.36. The molecule has 2 atom stereocenters. The summed E-state index contributed by atoms with van der Waals surface area (Å²) in [5.74, 6) is 0. The van der Waals surface area contributed by atoms with Crippen LogP contribution in [0.1, 0.15) is 25.1 Å². The van der Waals surface area contributed by atoms with Crippen LogP contribution in [0.3, 0.4) is 0 Å². The van der Waals surface area contributed by atoms with Gasteiger partial charge in [0.2, 0.25) is 0 Å². The lowest BCUT2D eigenvalue weighted by Crippen LogP contribution is -2.47. The van der Waals surface area contributed by atoms with Gasteiger partial charge in [-0.1, -0.05) is 11.3 Å². The lowest BCUT2D eigenvalue weighted by molar-refractivity contribution is -0.380. The second kappa shape index (κ2) is 4.72. The van der Waals surface area contributed by atoms with Crippen LogP contribution in [-0.2, 0) is 11.3 Å². The van der Waals surface area contributed by atoms with Crippen molar-refractivity contribution in [1.29, 1.82) is 0 Å². The summed E-state index contributed by atoms with van der Waals surface area (Å²) < 4.78 is 5.53. The molecule has 1 aromatic heterocycles. The standard InChI is InChI=1S/C11H16N2O3S/c1-8-11(2,5-6-16-8)12-7-9-3-4-10(17-9)13(14)15/h3-4,8,12H,5-7H2,1-2H3. The zero-order valence-corrected chi connectivity index (χ0v) is 10.8. The smallest absolute Gasteiger partial charge is 0.324 e. The van der Waals surface area contributed by atoms with Crippen LogP contribution in [-0.4, -0.2) is 23.2 Å². The average Bonchev–Trinajstić information content (AvgIpc) is 2.85. The van der Waals surface area contributed by atoms with Crippen LogP contribution in [0, 0.1) is 10.1 Å². The van der Waals surface area contributed by atoms with E-state index in [-0.39, 0.29) is 21.6 Å². The largest absolute Gasteiger partial charge is 0.377 e. The molecule has 1 aliphatic rings. The van der Waals surface area contributed by atoms with Crippen LogP contribution in [0.25, 0.3) is 0 Å². The summed E-state index contributed by atoms with van der Waals surface area (Å²) in [6.45, 7) is 5.61. The van der Waals surface area contributed by atoms with E-state index in [4.69, 9.17) is 4.74 Å². The molecule has 0 radical (unpaired) electrons. The maximum absolute atomic E-state index is 10.6. The highest BCUT2D eigenvalue weighted by Crippen LogP contribution is 2.28. The van der Waals surface area contributed by atoms with E-state index >= 15 is 0 Å². The van der Waals surface area contributed by atoms with Crippen molar-refractivity contribution in [3.05, 3.63) is 27.1 Å². The molecule has 2 heterocycles. The molecule has 94 valence electrons. The van der Waals surface area contributed by atoms with E-state index in [1.165, 1.54) is 11.3 Å². The van der Waals surface area contributed by atoms with Gasteiger partial charge < -0.3 is 10.1 Å². The average molecular weight is 256 g/mol. The summed E-state index contributed by atoms with van der Waals surface area (Å²) in [6.07, 6.45) is 1.15. The third-order valence-corrected chi connectivity index (χ3v) is 4.42. The summed E-state index contributed by atoms with van der Waals surface area (Å²) in [4.78, 5) is 11.2. The summed E-state index contributed by atoms with van der Waals surface area (Å²) in [5.41, 5.74) is -0.0290. The van der Waals surface area contributed by atoms with E-state index < -0.39 is 0 Å². The molecule has 0 aliphatic carbocycles. The monoisotopic (exact) mass is 256 g/mol. The minimum absolute atomic E-state index is 0.0290. The van der Waals surface area contributed by atoms with Crippen molar-refractivity contribution < 1.29 is 9.66 Å². The molecular formula is C11H16N2O3S. The Bertz CT molecular complexity index is 421. The van der Waals surface area contributed by atoms with Crippen molar-refractivity contribution >= 4 is 16.3 Å². The van der Waals surface area contributed by atoms with Gasteiger partial charge in [-0.25, -0.2) is 0 Å². The molecule has 5 nitrogen and oxygen atoms in total. The van der Waals surface area contributed by atoms with Crippen molar-refractivity contribution in [2.45, 2.75) is 38.5 Å². The van der Waals surface area contributed by atoms with Gasteiger partial charge >= 0.3 is 5.00 Å². The van der Waals surface area contributed by atoms with Crippen molar-refractivity contribution in [1.82, 2.24) is 5.32 Å². The Morgan fingerprint density at radius 2 is 2.47 bits per heavy atom. The van der Waals surface area contributed by atoms with Gasteiger partial charge in [-0.05, 0) is 26.3 Å². The molecular weight excluding hydrogens is 240 g/mol. The van der Waals surface area contributed by atoms with Crippen molar-refractivity contribution in [2.75, 3.05) is 6.61 Å². The van der Waals surface area contributed by atoms with Crippen molar-refractivity contribution in [3.8, 4) is 0 Å². The quantitative estimate of drug-likeness (QED) is 0.663. The lowest BCUT2D eigenvalue weighted by Gasteiger charge is -2.28. The Kier molecular flexibility index (Phi) is 3.46. The van der Waals surface area contributed by atoms with Crippen LogP contribution in [0.15, 0.2) is 12.1 Å². The maximum Gasteiger partial charge on any atom is 0.324 e. The third kappa shape index (κ3) is 2.65. The predicted octanol–water partition coefficient (Wildman–Crippen LogP) is 2.31. The second-order valence-electron chi connectivity index (χ2n) is 4.53. The maximum atomic E-state index is 10.6. The van der Waals surface area contributed by atoms with E-state index in [1.54, 1.807) is 12.1 Å². The molecule has 2 unspecified atom stereocenters. The van der Waals surface area contributed by atoms with Gasteiger partial charge in [0.25, 0.3) is 0 Å². The Balaban J connectivity index is 1.95. The molecule has 17 heavy (non-hydrogen) atoms. The molecule has 1 N–H and O–H groups in total. The minimum Gasteiger partial charge on any atom is -0.377 e. The molecule has 0 aromatic carbocycles. The van der Waals surface area contributed by atoms with E-state index in [2.05, 4.69) is 19.2 Å².